The molecule has 1 N–H and O–H groups in total. The second-order valence-electron chi connectivity index (χ2n) is 7.80. The van der Waals surface area contributed by atoms with Crippen molar-refractivity contribution in [3.05, 3.63) is 54.0 Å². The normalized spacial score (nSPS) is 19.9. The first-order chi connectivity index (χ1) is 13.5. The van der Waals surface area contributed by atoms with Crippen LogP contribution in [-0.2, 0) is 6.42 Å². The summed E-state index contributed by atoms with van der Waals surface area (Å²) in [5.41, 5.74) is 2.50. The van der Waals surface area contributed by atoms with Crippen LogP contribution in [0.2, 0.25) is 0 Å². The van der Waals surface area contributed by atoms with Crippen molar-refractivity contribution in [1.29, 1.82) is 0 Å². The number of anilines is 1. The van der Waals surface area contributed by atoms with Gasteiger partial charge in [-0.05, 0) is 37.6 Å². The van der Waals surface area contributed by atoms with E-state index in [0.29, 0.717) is 30.3 Å². The first-order valence-corrected chi connectivity index (χ1v) is 9.20. The van der Waals surface area contributed by atoms with E-state index in [1.165, 1.54) is 0 Å². The maximum atomic E-state index is 12.3. The van der Waals surface area contributed by atoms with Gasteiger partial charge in [0.25, 0.3) is 0 Å². The maximum absolute atomic E-state index is 12.3. The Morgan fingerprint density at radius 1 is 1.25 bits per heavy atom. The molecule has 0 spiro atoms. The Morgan fingerprint density at radius 3 is 2.96 bits per heavy atom. The fourth-order valence-electron chi connectivity index (χ4n) is 3.66. The Labute approximate surface area is 161 Å². The first kappa shape index (κ1) is 16.7. The highest BCUT2D eigenvalue weighted by Crippen LogP contribution is 2.36. The third kappa shape index (κ3) is 2.87. The average molecular weight is 373 g/mol. The fraction of sp³-hybridized carbons (Fsp3) is 0.300. The fourth-order valence-corrected chi connectivity index (χ4v) is 3.66. The summed E-state index contributed by atoms with van der Waals surface area (Å²) in [6, 6.07) is 9.77. The summed E-state index contributed by atoms with van der Waals surface area (Å²) in [5, 5.41) is 12.6. The number of nitrogens with one attached hydrogen (secondary N) is 1. The molecule has 28 heavy (non-hydrogen) atoms. The zero-order valence-corrected chi connectivity index (χ0v) is 15.6. The molecule has 2 aliphatic heterocycles. The van der Waals surface area contributed by atoms with Gasteiger partial charge in [0.2, 0.25) is 0 Å². The molecule has 4 heterocycles. The standard InChI is InChI=1S/C20H19N7O/c1-20(2)11-27(19(28)24-20)16-10-22-18-17(23-16)15(25-26-18)9-12-5-6-14-13(8-12)4-3-7-21-14/h3-8,10,15H,9,11H2,1-2H3,(H,24,28). The molecular weight excluding hydrogens is 354 g/mol. The van der Waals surface area contributed by atoms with E-state index in [2.05, 4.69) is 37.6 Å². The van der Waals surface area contributed by atoms with Gasteiger partial charge in [-0.3, -0.25) is 9.88 Å². The first-order valence-electron chi connectivity index (χ1n) is 9.20. The lowest BCUT2D eigenvalue weighted by atomic mass is 10.0. The Morgan fingerprint density at radius 2 is 2.14 bits per heavy atom. The number of amides is 2. The van der Waals surface area contributed by atoms with Gasteiger partial charge in [-0.25, -0.2) is 14.8 Å². The van der Waals surface area contributed by atoms with Crippen LogP contribution in [0, 0.1) is 0 Å². The SMILES string of the molecule is CC1(C)CN(c2cnc3c(n2)C(Cc2ccc4ncccc4c2)N=N3)C(=O)N1. The number of rotatable bonds is 3. The third-order valence-corrected chi connectivity index (χ3v) is 4.99. The van der Waals surface area contributed by atoms with Crippen molar-refractivity contribution in [2.45, 2.75) is 31.8 Å². The summed E-state index contributed by atoms with van der Waals surface area (Å²) >= 11 is 0. The van der Waals surface area contributed by atoms with Crippen LogP contribution in [0.25, 0.3) is 10.9 Å². The number of hydrogen-bond acceptors (Lipinski definition) is 6. The topological polar surface area (TPSA) is 95.7 Å². The van der Waals surface area contributed by atoms with Gasteiger partial charge in [-0.1, -0.05) is 12.1 Å². The molecule has 2 amide bonds. The molecule has 3 aromatic rings. The number of nitrogens with zero attached hydrogens (tertiary/aromatic N) is 6. The van der Waals surface area contributed by atoms with Crippen LogP contribution in [0.15, 0.2) is 53.0 Å². The number of benzene rings is 1. The van der Waals surface area contributed by atoms with Crippen molar-refractivity contribution in [2.75, 3.05) is 11.4 Å². The van der Waals surface area contributed by atoms with Gasteiger partial charge in [0.1, 0.15) is 11.7 Å². The van der Waals surface area contributed by atoms with Crippen LogP contribution in [0.1, 0.15) is 31.1 Å². The number of pyridine rings is 1. The van der Waals surface area contributed by atoms with Crippen molar-refractivity contribution < 1.29 is 4.79 Å². The summed E-state index contributed by atoms with van der Waals surface area (Å²) in [5.74, 6) is 1.05. The minimum absolute atomic E-state index is 0.162. The highest BCUT2D eigenvalue weighted by Gasteiger charge is 2.37. The van der Waals surface area contributed by atoms with Crippen LogP contribution in [-0.4, -0.2) is 33.1 Å². The van der Waals surface area contributed by atoms with Gasteiger partial charge in [0, 0.05) is 18.0 Å². The van der Waals surface area contributed by atoms with Crippen LogP contribution in [0.4, 0.5) is 16.4 Å². The lowest BCUT2D eigenvalue weighted by molar-refractivity contribution is 0.248. The van der Waals surface area contributed by atoms with Crippen LogP contribution in [0.5, 0.6) is 0 Å². The lowest BCUT2D eigenvalue weighted by Crippen LogP contribution is -2.36. The Kier molecular flexibility index (Phi) is 3.61. The molecule has 5 rings (SSSR count). The quantitative estimate of drug-likeness (QED) is 0.757. The Hall–Kier alpha value is -3.42. The van der Waals surface area contributed by atoms with Crippen molar-refractivity contribution >= 4 is 28.6 Å². The van der Waals surface area contributed by atoms with Gasteiger partial charge in [0.15, 0.2) is 11.6 Å². The molecule has 1 aromatic carbocycles. The monoisotopic (exact) mass is 373 g/mol. The molecule has 0 aliphatic carbocycles. The van der Waals surface area contributed by atoms with Crippen molar-refractivity contribution in [1.82, 2.24) is 20.3 Å². The second-order valence-corrected chi connectivity index (χ2v) is 7.80. The minimum Gasteiger partial charge on any atom is -0.331 e. The number of aromatic nitrogens is 3. The van der Waals surface area contributed by atoms with Crippen molar-refractivity contribution in [2.24, 2.45) is 10.2 Å². The Bertz CT molecular complexity index is 1120. The minimum atomic E-state index is -0.301. The average Bonchev–Trinajstić information content (AvgIpc) is 3.20. The lowest BCUT2D eigenvalue weighted by Gasteiger charge is -2.17. The molecule has 140 valence electrons. The molecule has 2 aliphatic rings. The van der Waals surface area contributed by atoms with Gasteiger partial charge in [0.05, 0.1) is 23.8 Å². The van der Waals surface area contributed by atoms with E-state index in [9.17, 15) is 4.79 Å². The summed E-state index contributed by atoms with van der Waals surface area (Å²) in [7, 11) is 0. The van der Waals surface area contributed by atoms with Gasteiger partial charge in [-0.2, -0.15) is 5.11 Å². The van der Waals surface area contributed by atoms with Crippen molar-refractivity contribution in [3.8, 4) is 0 Å². The van der Waals surface area contributed by atoms with Gasteiger partial charge in [-0.15, -0.1) is 5.11 Å². The molecule has 1 atom stereocenters. The van der Waals surface area contributed by atoms with Gasteiger partial charge >= 0.3 is 6.03 Å². The number of fused-ring (bicyclic) bond motifs is 2. The largest absolute Gasteiger partial charge is 0.331 e. The molecule has 1 unspecified atom stereocenters. The van der Waals surface area contributed by atoms with E-state index in [1.54, 1.807) is 17.3 Å². The van der Waals surface area contributed by atoms with E-state index >= 15 is 0 Å². The third-order valence-electron chi connectivity index (χ3n) is 4.99. The number of urea groups is 1. The molecule has 0 saturated carbocycles. The zero-order valence-electron chi connectivity index (χ0n) is 15.6. The smallest absolute Gasteiger partial charge is 0.323 e. The molecule has 1 saturated heterocycles. The molecule has 0 bridgehead atoms. The zero-order chi connectivity index (χ0) is 19.3. The molecular formula is C20H19N7O. The van der Waals surface area contributed by atoms with E-state index in [-0.39, 0.29) is 17.6 Å². The number of hydrogen-bond donors (Lipinski definition) is 1. The van der Waals surface area contributed by atoms with Crippen LogP contribution < -0.4 is 10.2 Å². The summed E-state index contributed by atoms with van der Waals surface area (Å²) in [6.45, 7) is 4.50. The Balaban J connectivity index is 1.43. The van der Waals surface area contributed by atoms with Crippen LogP contribution in [0.3, 0.4) is 0 Å². The summed E-state index contributed by atoms with van der Waals surface area (Å²) < 4.78 is 0. The highest BCUT2D eigenvalue weighted by molar-refractivity contribution is 5.94. The maximum Gasteiger partial charge on any atom is 0.323 e. The molecule has 8 nitrogen and oxygen atoms in total. The molecule has 8 heteroatoms. The number of carbonyl (C=O) groups excluding carboxylic acids is 1. The number of carbonyl (C=O) groups is 1. The van der Waals surface area contributed by atoms with E-state index < -0.39 is 0 Å². The molecule has 2 aromatic heterocycles. The second kappa shape index (κ2) is 6.05. The summed E-state index contributed by atoms with van der Waals surface area (Å²) in [4.78, 5) is 27.3. The van der Waals surface area contributed by atoms with Crippen molar-refractivity contribution in [3.63, 3.8) is 0 Å². The molecule has 1 fully saturated rings. The summed E-state index contributed by atoms with van der Waals surface area (Å²) in [6.07, 6.45) is 4.04. The predicted molar refractivity (Wildman–Crippen MR) is 105 cm³/mol. The predicted octanol–water partition coefficient (Wildman–Crippen LogP) is 3.71. The van der Waals surface area contributed by atoms with Crippen LogP contribution >= 0.6 is 0 Å². The number of azo groups is 1. The van der Waals surface area contributed by atoms with Gasteiger partial charge < -0.3 is 5.32 Å². The highest BCUT2D eigenvalue weighted by atomic mass is 16.2. The van der Waals surface area contributed by atoms with E-state index in [1.807, 2.05) is 32.0 Å². The van der Waals surface area contributed by atoms with E-state index in [4.69, 9.17) is 4.98 Å². The molecule has 0 radical (unpaired) electrons. The van der Waals surface area contributed by atoms with E-state index in [0.717, 1.165) is 16.5 Å².